The lowest BCUT2D eigenvalue weighted by Crippen LogP contribution is -2.22. The van der Waals surface area contributed by atoms with E-state index in [0.29, 0.717) is 6.54 Å². The molecule has 1 saturated carbocycles. The topological polar surface area (TPSA) is 60.8 Å². The number of nitrogens with one attached hydrogen (secondary N) is 1. The monoisotopic (exact) mass is 196 g/mol. The molecule has 0 bridgehead atoms. The van der Waals surface area contributed by atoms with Crippen LogP contribution in [0.5, 0.6) is 0 Å². The minimum Gasteiger partial charge on any atom is -0.316 e. The van der Waals surface area contributed by atoms with E-state index in [1.165, 1.54) is 32.2 Å². The summed E-state index contributed by atoms with van der Waals surface area (Å²) in [5.74, 6) is 0.923. The van der Waals surface area contributed by atoms with Gasteiger partial charge in [-0.25, -0.2) is 0 Å². The van der Waals surface area contributed by atoms with Crippen molar-refractivity contribution in [3.63, 3.8) is 0 Å². The first kappa shape index (κ1) is 11.3. The normalized spacial score (nSPS) is 16.9. The van der Waals surface area contributed by atoms with Crippen LogP contribution >= 0.6 is 0 Å². The Morgan fingerprint density at radius 2 is 2.07 bits per heavy atom. The quantitative estimate of drug-likeness (QED) is 0.289. The van der Waals surface area contributed by atoms with Crippen molar-refractivity contribution in [2.24, 2.45) is 11.0 Å². The lowest BCUT2D eigenvalue weighted by Gasteiger charge is -2.09. The number of hydrogen-bond acceptors (Lipinski definition) is 2. The lowest BCUT2D eigenvalue weighted by molar-refractivity contribution is 0.483. The van der Waals surface area contributed by atoms with Gasteiger partial charge in [-0.05, 0) is 50.2 Å². The van der Waals surface area contributed by atoms with Gasteiger partial charge in [-0.15, -0.1) is 0 Å². The first-order chi connectivity index (χ1) is 6.93. The van der Waals surface area contributed by atoms with E-state index in [9.17, 15) is 0 Å². The zero-order valence-corrected chi connectivity index (χ0v) is 8.78. The summed E-state index contributed by atoms with van der Waals surface area (Å²) in [5, 5.41) is 6.97. The van der Waals surface area contributed by atoms with Gasteiger partial charge in [-0.2, -0.15) is 0 Å². The maximum atomic E-state index is 8.06. The summed E-state index contributed by atoms with van der Waals surface area (Å²) in [4.78, 5) is 2.72. The highest BCUT2D eigenvalue weighted by molar-refractivity contribution is 4.69. The van der Waals surface area contributed by atoms with E-state index in [4.69, 9.17) is 5.53 Å². The van der Waals surface area contributed by atoms with Gasteiger partial charge in [0.1, 0.15) is 0 Å². The van der Waals surface area contributed by atoms with E-state index in [2.05, 4.69) is 15.3 Å². The predicted molar refractivity (Wildman–Crippen MR) is 58.1 cm³/mol. The van der Waals surface area contributed by atoms with E-state index in [1.807, 2.05) is 0 Å². The maximum Gasteiger partial charge on any atom is 0.0258 e. The van der Waals surface area contributed by atoms with Gasteiger partial charge in [0, 0.05) is 11.5 Å². The molecule has 0 amide bonds. The molecule has 0 radical (unpaired) electrons. The summed E-state index contributed by atoms with van der Waals surface area (Å²) in [7, 11) is 0. The Balaban J connectivity index is 1.81. The second kappa shape index (κ2) is 7.65. The van der Waals surface area contributed by atoms with Crippen LogP contribution in [-0.2, 0) is 0 Å². The van der Waals surface area contributed by atoms with Gasteiger partial charge in [0.25, 0.3) is 0 Å². The summed E-state index contributed by atoms with van der Waals surface area (Å²) in [6.45, 7) is 2.89. The molecule has 0 aromatic heterocycles. The molecular formula is C10H20N4. The first-order valence-electron chi connectivity index (χ1n) is 5.65. The molecule has 1 aliphatic rings. The van der Waals surface area contributed by atoms with Crippen molar-refractivity contribution in [2.75, 3.05) is 19.6 Å². The lowest BCUT2D eigenvalue weighted by atomic mass is 10.1. The van der Waals surface area contributed by atoms with Crippen molar-refractivity contribution in [3.8, 4) is 0 Å². The van der Waals surface area contributed by atoms with E-state index in [0.717, 1.165) is 25.3 Å². The summed E-state index contributed by atoms with van der Waals surface area (Å²) >= 11 is 0. The summed E-state index contributed by atoms with van der Waals surface area (Å²) in [6.07, 6.45) is 7.78. The Bertz CT molecular complexity index is 181. The smallest absolute Gasteiger partial charge is 0.0258 e. The van der Waals surface area contributed by atoms with Gasteiger partial charge < -0.3 is 5.32 Å². The van der Waals surface area contributed by atoms with Crippen LogP contribution in [0.25, 0.3) is 10.4 Å². The van der Waals surface area contributed by atoms with Crippen molar-refractivity contribution in [1.82, 2.24) is 5.32 Å². The molecule has 1 N–H and O–H groups in total. The molecule has 4 heteroatoms. The molecule has 0 saturated heterocycles. The summed E-state index contributed by atoms with van der Waals surface area (Å²) in [5.41, 5.74) is 8.06. The maximum absolute atomic E-state index is 8.06. The predicted octanol–water partition coefficient (Wildman–Crippen LogP) is 2.86. The molecule has 0 spiro atoms. The molecule has 0 heterocycles. The van der Waals surface area contributed by atoms with Crippen LogP contribution < -0.4 is 5.32 Å². The van der Waals surface area contributed by atoms with Crippen LogP contribution in [0.15, 0.2) is 5.11 Å². The molecule has 4 nitrogen and oxygen atoms in total. The third kappa shape index (κ3) is 5.10. The van der Waals surface area contributed by atoms with Gasteiger partial charge in [0.15, 0.2) is 0 Å². The molecule has 0 aromatic rings. The fraction of sp³-hybridized carbons (Fsp3) is 1.00. The highest BCUT2D eigenvalue weighted by Gasteiger charge is 2.13. The molecule has 1 rings (SSSR count). The highest BCUT2D eigenvalue weighted by Crippen LogP contribution is 2.23. The van der Waals surface area contributed by atoms with Crippen molar-refractivity contribution in [1.29, 1.82) is 0 Å². The summed E-state index contributed by atoms with van der Waals surface area (Å²) in [6, 6.07) is 0. The molecule has 0 atom stereocenters. The molecule has 14 heavy (non-hydrogen) atoms. The number of hydrogen-bond donors (Lipinski definition) is 1. The Morgan fingerprint density at radius 3 is 2.79 bits per heavy atom. The van der Waals surface area contributed by atoms with E-state index >= 15 is 0 Å². The van der Waals surface area contributed by atoms with Gasteiger partial charge in [0.2, 0.25) is 0 Å². The van der Waals surface area contributed by atoms with Crippen LogP contribution in [0.2, 0.25) is 0 Å². The van der Waals surface area contributed by atoms with Crippen LogP contribution in [0.1, 0.15) is 38.5 Å². The molecule has 1 aliphatic carbocycles. The Morgan fingerprint density at radius 1 is 1.29 bits per heavy atom. The van der Waals surface area contributed by atoms with Crippen LogP contribution in [0.4, 0.5) is 0 Å². The average Bonchev–Trinajstić information content (AvgIpc) is 2.69. The third-order valence-corrected chi connectivity index (χ3v) is 2.83. The van der Waals surface area contributed by atoms with Gasteiger partial charge in [-0.1, -0.05) is 18.0 Å². The molecule has 1 fully saturated rings. The van der Waals surface area contributed by atoms with Crippen LogP contribution in [-0.4, -0.2) is 19.6 Å². The van der Waals surface area contributed by atoms with Crippen LogP contribution in [0, 0.1) is 5.92 Å². The molecule has 80 valence electrons. The summed E-state index contributed by atoms with van der Waals surface area (Å²) < 4.78 is 0. The molecule has 0 aliphatic heterocycles. The van der Waals surface area contributed by atoms with Gasteiger partial charge >= 0.3 is 0 Å². The Labute approximate surface area is 85.7 Å². The molecular weight excluding hydrogens is 176 g/mol. The van der Waals surface area contributed by atoms with Gasteiger partial charge in [-0.3, -0.25) is 0 Å². The molecule has 0 unspecified atom stereocenters. The Hall–Kier alpha value is -0.730. The zero-order chi connectivity index (χ0) is 10.1. The second-order valence-electron chi connectivity index (χ2n) is 4.02. The fourth-order valence-electron chi connectivity index (χ4n) is 2.00. The Kier molecular flexibility index (Phi) is 6.20. The average molecular weight is 196 g/mol. The minimum absolute atomic E-state index is 0.640. The number of rotatable bonds is 7. The number of azide groups is 1. The minimum atomic E-state index is 0.640. The van der Waals surface area contributed by atoms with Crippen molar-refractivity contribution >= 4 is 0 Å². The SMILES string of the molecule is [N-]=[N+]=NCCCCNCC1CCCC1. The van der Waals surface area contributed by atoms with E-state index < -0.39 is 0 Å². The zero-order valence-electron chi connectivity index (χ0n) is 8.78. The second-order valence-corrected chi connectivity index (χ2v) is 4.02. The highest BCUT2D eigenvalue weighted by atomic mass is 15.1. The van der Waals surface area contributed by atoms with E-state index in [1.54, 1.807) is 0 Å². The number of unbranched alkanes of at least 4 members (excludes halogenated alkanes) is 1. The van der Waals surface area contributed by atoms with Crippen molar-refractivity contribution < 1.29 is 0 Å². The third-order valence-electron chi connectivity index (χ3n) is 2.83. The van der Waals surface area contributed by atoms with E-state index in [-0.39, 0.29) is 0 Å². The number of nitrogens with zero attached hydrogens (tertiary/aromatic N) is 3. The largest absolute Gasteiger partial charge is 0.316 e. The van der Waals surface area contributed by atoms with Crippen LogP contribution in [0.3, 0.4) is 0 Å². The fourth-order valence-corrected chi connectivity index (χ4v) is 2.00. The molecule has 0 aromatic carbocycles. The van der Waals surface area contributed by atoms with Crippen molar-refractivity contribution in [3.05, 3.63) is 10.4 Å². The van der Waals surface area contributed by atoms with Gasteiger partial charge in [0.05, 0.1) is 0 Å². The standard InChI is InChI=1S/C10H20N4/c11-14-13-8-4-3-7-12-9-10-5-1-2-6-10/h10,12H,1-9H2. The first-order valence-corrected chi connectivity index (χ1v) is 5.65. The van der Waals surface area contributed by atoms with Crippen molar-refractivity contribution in [2.45, 2.75) is 38.5 Å².